The molecule has 1 aliphatic rings. The first-order chi connectivity index (χ1) is 9.22. The summed E-state index contributed by atoms with van der Waals surface area (Å²) in [5.41, 5.74) is 3.85. The Bertz CT molecular complexity index is 489. The molecule has 3 nitrogen and oxygen atoms in total. The molecule has 0 amide bonds. The van der Waals surface area contributed by atoms with Crippen molar-refractivity contribution < 1.29 is 0 Å². The van der Waals surface area contributed by atoms with E-state index in [2.05, 4.69) is 66.3 Å². The smallest absolute Gasteiger partial charge is 0.119 e. The van der Waals surface area contributed by atoms with Gasteiger partial charge in [0.05, 0.1) is 13.1 Å². The topological polar surface area (TPSA) is 27.6 Å². The molecule has 1 heterocycles. The summed E-state index contributed by atoms with van der Waals surface area (Å²) in [6.45, 7) is 10.1. The van der Waals surface area contributed by atoms with E-state index in [1.54, 1.807) is 0 Å². The van der Waals surface area contributed by atoms with E-state index in [9.17, 15) is 0 Å². The van der Waals surface area contributed by atoms with Crippen LogP contribution in [-0.4, -0.2) is 36.9 Å². The van der Waals surface area contributed by atoms with Crippen molar-refractivity contribution in [2.24, 2.45) is 4.99 Å². The highest BCUT2D eigenvalue weighted by atomic mass is 15.2. The Morgan fingerprint density at radius 2 is 2.21 bits per heavy atom. The van der Waals surface area contributed by atoms with Gasteiger partial charge in [0.25, 0.3) is 0 Å². The van der Waals surface area contributed by atoms with Crippen LogP contribution in [0.2, 0.25) is 0 Å². The quantitative estimate of drug-likeness (QED) is 0.821. The Kier molecular flexibility index (Phi) is 4.61. The fourth-order valence-electron chi connectivity index (χ4n) is 2.24. The number of hydrogen-bond acceptors (Lipinski definition) is 3. The second-order valence-corrected chi connectivity index (χ2v) is 4.91. The average Bonchev–Trinajstić information content (AvgIpc) is 2.85. The highest BCUT2D eigenvalue weighted by Crippen LogP contribution is 2.18. The number of nitrogens with zero attached hydrogens (tertiary/aromatic N) is 2. The number of amidine groups is 1. The fourth-order valence-corrected chi connectivity index (χ4v) is 2.24. The lowest BCUT2D eigenvalue weighted by Crippen LogP contribution is -2.32. The Morgan fingerprint density at radius 3 is 3.00 bits per heavy atom. The van der Waals surface area contributed by atoms with Gasteiger partial charge in [0, 0.05) is 18.8 Å². The van der Waals surface area contributed by atoms with Crippen LogP contribution in [0, 0.1) is 13.8 Å². The summed E-state index contributed by atoms with van der Waals surface area (Å²) >= 11 is 0. The number of aryl methyl sites for hydroxylation is 1. The number of rotatable bonds is 5. The zero-order chi connectivity index (χ0) is 13.7. The molecule has 1 aromatic rings. The molecule has 0 unspecified atom stereocenters. The maximum atomic E-state index is 4.58. The van der Waals surface area contributed by atoms with Gasteiger partial charge in [-0.05, 0) is 38.0 Å². The third-order valence-corrected chi connectivity index (χ3v) is 3.63. The van der Waals surface area contributed by atoms with Crippen LogP contribution in [0.5, 0.6) is 0 Å². The molecular formula is C16H23N3. The lowest BCUT2D eigenvalue weighted by molar-refractivity contribution is 0.502. The summed E-state index contributed by atoms with van der Waals surface area (Å²) in [5, 5.41) is 3.51. The van der Waals surface area contributed by atoms with E-state index in [0.29, 0.717) is 0 Å². The maximum absolute atomic E-state index is 4.58. The number of nitrogens with one attached hydrogen (secondary N) is 1. The number of allylic oxidation sites excluding steroid dienone is 1. The van der Waals surface area contributed by atoms with Crippen LogP contribution < -0.4 is 5.32 Å². The van der Waals surface area contributed by atoms with E-state index in [4.69, 9.17) is 0 Å². The SMILES string of the molecule is CC=CCN1CCN=C1CNc1cccc(C)c1C. The number of hydrogen-bond donors (Lipinski definition) is 1. The minimum Gasteiger partial charge on any atom is -0.378 e. The molecule has 3 heteroatoms. The molecule has 1 N–H and O–H groups in total. The number of benzene rings is 1. The lowest BCUT2D eigenvalue weighted by atomic mass is 10.1. The molecule has 0 saturated carbocycles. The van der Waals surface area contributed by atoms with Crippen molar-refractivity contribution >= 4 is 11.5 Å². The van der Waals surface area contributed by atoms with E-state index in [-0.39, 0.29) is 0 Å². The third-order valence-electron chi connectivity index (χ3n) is 3.63. The normalized spacial score (nSPS) is 15.1. The van der Waals surface area contributed by atoms with E-state index in [0.717, 1.165) is 26.2 Å². The average molecular weight is 257 g/mol. The molecule has 102 valence electrons. The molecule has 0 saturated heterocycles. The highest BCUT2D eigenvalue weighted by Gasteiger charge is 2.15. The summed E-state index contributed by atoms with van der Waals surface area (Å²) in [4.78, 5) is 6.91. The molecule has 0 radical (unpaired) electrons. The van der Waals surface area contributed by atoms with E-state index in [1.807, 2.05) is 0 Å². The summed E-state index contributed by atoms with van der Waals surface area (Å²) in [6, 6.07) is 6.37. The zero-order valence-corrected chi connectivity index (χ0v) is 12.1. The van der Waals surface area contributed by atoms with Crippen molar-refractivity contribution in [3.8, 4) is 0 Å². The van der Waals surface area contributed by atoms with Crippen molar-refractivity contribution in [3.05, 3.63) is 41.5 Å². The first kappa shape index (κ1) is 13.7. The number of anilines is 1. The first-order valence-corrected chi connectivity index (χ1v) is 6.92. The van der Waals surface area contributed by atoms with Gasteiger partial charge in [-0.3, -0.25) is 4.99 Å². The van der Waals surface area contributed by atoms with Crippen LogP contribution in [0.15, 0.2) is 35.3 Å². The zero-order valence-electron chi connectivity index (χ0n) is 12.1. The molecule has 0 aromatic heterocycles. The molecule has 0 spiro atoms. The summed E-state index contributed by atoms with van der Waals surface area (Å²) < 4.78 is 0. The van der Waals surface area contributed by atoms with Gasteiger partial charge in [-0.1, -0.05) is 24.3 Å². The molecule has 0 bridgehead atoms. The maximum Gasteiger partial charge on any atom is 0.119 e. The Hall–Kier alpha value is -1.77. The van der Waals surface area contributed by atoms with Gasteiger partial charge in [-0.15, -0.1) is 0 Å². The van der Waals surface area contributed by atoms with Crippen molar-refractivity contribution in [1.29, 1.82) is 0 Å². The van der Waals surface area contributed by atoms with E-state index < -0.39 is 0 Å². The van der Waals surface area contributed by atoms with Crippen LogP contribution in [0.1, 0.15) is 18.1 Å². The van der Waals surface area contributed by atoms with E-state index >= 15 is 0 Å². The molecule has 2 rings (SSSR count). The van der Waals surface area contributed by atoms with Gasteiger partial charge >= 0.3 is 0 Å². The van der Waals surface area contributed by atoms with Gasteiger partial charge in [-0.2, -0.15) is 0 Å². The van der Waals surface area contributed by atoms with Crippen molar-refractivity contribution in [1.82, 2.24) is 4.90 Å². The summed E-state index contributed by atoms with van der Waals surface area (Å²) in [6.07, 6.45) is 4.27. The highest BCUT2D eigenvalue weighted by molar-refractivity contribution is 5.88. The fraction of sp³-hybridized carbons (Fsp3) is 0.438. The Labute approximate surface area is 116 Å². The van der Waals surface area contributed by atoms with Crippen molar-refractivity contribution in [2.75, 3.05) is 31.5 Å². The van der Waals surface area contributed by atoms with Crippen molar-refractivity contribution in [3.63, 3.8) is 0 Å². The molecule has 0 aliphatic carbocycles. The number of aliphatic imine (C=N–C) groups is 1. The molecule has 1 aliphatic heterocycles. The molecular weight excluding hydrogens is 234 g/mol. The predicted molar refractivity (Wildman–Crippen MR) is 83.1 cm³/mol. The molecule has 0 fully saturated rings. The van der Waals surface area contributed by atoms with Crippen LogP contribution in [0.3, 0.4) is 0 Å². The minimum atomic E-state index is 0.807. The molecule has 19 heavy (non-hydrogen) atoms. The van der Waals surface area contributed by atoms with Gasteiger partial charge in [-0.25, -0.2) is 0 Å². The lowest BCUT2D eigenvalue weighted by Gasteiger charge is -2.20. The predicted octanol–water partition coefficient (Wildman–Crippen LogP) is 3.01. The Balaban J connectivity index is 1.96. The van der Waals surface area contributed by atoms with Gasteiger partial charge in [0.15, 0.2) is 0 Å². The molecule has 0 atom stereocenters. The summed E-state index contributed by atoms with van der Waals surface area (Å²) in [7, 11) is 0. The van der Waals surface area contributed by atoms with Crippen molar-refractivity contribution in [2.45, 2.75) is 20.8 Å². The molecule has 1 aromatic carbocycles. The standard InChI is InChI=1S/C16H23N3/c1-4-5-10-19-11-9-17-16(19)12-18-15-8-6-7-13(2)14(15)3/h4-8,18H,9-12H2,1-3H3. The second-order valence-electron chi connectivity index (χ2n) is 4.91. The minimum absolute atomic E-state index is 0.807. The Morgan fingerprint density at radius 1 is 1.37 bits per heavy atom. The van der Waals surface area contributed by atoms with Crippen LogP contribution in [-0.2, 0) is 0 Å². The van der Waals surface area contributed by atoms with Crippen LogP contribution >= 0.6 is 0 Å². The van der Waals surface area contributed by atoms with E-state index in [1.165, 1.54) is 22.6 Å². The monoisotopic (exact) mass is 257 g/mol. The largest absolute Gasteiger partial charge is 0.378 e. The summed E-state index contributed by atoms with van der Waals surface area (Å²) in [5.74, 6) is 1.17. The van der Waals surface area contributed by atoms with Gasteiger partial charge in [0.2, 0.25) is 0 Å². The second kappa shape index (κ2) is 6.41. The first-order valence-electron chi connectivity index (χ1n) is 6.92. The van der Waals surface area contributed by atoms with Crippen LogP contribution in [0.25, 0.3) is 0 Å². The van der Waals surface area contributed by atoms with Crippen LogP contribution in [0.4, 0.5) is 5.69 Å². The third kappa shape index (κ3) is 3.37. The van der Waals surface area contributed by atoms with Gasteiger partial charge in [0.1, 0.15) is 5.84 Å². The van der Waals surface area contributed by atoms with Gasteiger partial charge < -0.3 is 10.2 Å².